The highest BCUT2D eigenvalue weighted by Crippen LogP contribution is 2.20. The van der Waals surface area contributed by atoms with Crippen LogP contribution in [0.3, 0.4) is 0 Å². The zero-order valence-electron chi connectivity index (χ0n) is 15.4. The van der Waals surface area contributed by atoms with Gasteiger partial charge < -0.3 is 10.2 Å². The smallest absolute Gasteiger partial charge is 0.254 e. The second-order valence-electron chi connectivity index (χ2n) is 6.56. The second-order valence-corrected chi connectivity index (χ2v) is 9.08. The monoisotopic (exact) mass is 443 g/mol. The summed E-state index contributed by atoms with van der Waals surface area (Å²) >= 11 is 5.89. The van der Waals surface area contributed by atoms with Gasteiger partial charge in [-0.1, -0.05) is 11.6 Å². The van der Waals surface area contributed by atoms with Gasteiger partial charge in [0.2, 0.25) is 10.0 Å². The Morgan fingerprint density at radius 1 is 1.03 bits per heavy atom. The lowest BCUT2D eigenvalue weighted by molar-refractivity contribution is 0.0952. The molecule has 10 heteroatoms. The van der Waals surface area contributed by atoms with E-state index in [1.54, 1.807) is 12.1 Å². The molecular weight excluding hydrogens is 424 g/mol. The molecule has 0 unspecified atom stereocenters. The summed E-state index contributed by atoms with van der Waals surface area (Å²) < 4.78 is 52.9. The molecule has 0 aromatic heterocycles. The van der Waals surface area contributed by atoms with Gasteiger partial charge in [0.25, 0.3) is 5.91 Å². The van der Waals surface area contributed by atoms with Gasteiger partial charge in [-0.05, 0) is 36.4 Å². The van der Waals surface area contributed by atoms with Crippen LogP contribution in [0.15, 0.2) is 42.5 Å². The Morgan fingerprint density at radius 2 is 1.69 bits per heavy atom. The highest BCUT2D eigenvalue weighted by molar-refractivity contribution is 7.89. The minimum atomic E-state index is -3.57. The van der Waals surface area contributed by atoms with E-state index in [1.165, 1.54) is 4.31 Å². The number of nitrogens with zero attached hydrogens (tertiary/aromatic N) is 2. The maximum Gasteiger partial charge on any atom is 0.254 e. The van der Waals surface area contributed by atoms with Gasteiger partial charge in [-0.15, -0.1) is 0 Å². The van der Waals surface area contributed by atoms with Crippen LogP contribution in [0.1, 0.15) is 10.4 Å². The number of amides is 1. The average molecular weight is 444 g/mol. The maximum atomic E-state index is 13.6. The SMILES string of the molecule is O=C(NCCS(=O)(=O)N1CCN(c2ccc(Cl)cc2)CC1)c1ccc(F)cc1F. The van der Waals surface area contributed by atoms with Gasteiger partial charge in [-0.2, -0.15) is 4.31 Å². The molecular formula is C19H20ClF2N3O3S. The van der Waals surface area contributed by atoms with Crippen molar-refractivity contribution in [2.45, 2.75) is 0 Å². The van der Waals surface area contributed by atoms with Gasteiger partial charge in [0.15, 0.2) is 0 Å². The molecule has 0 atom stereocenters. The summed E-state index contributed by atoms with van der Waals surface area (Å²) in [5.74, 6) is -2.88. The Morgan fingerprint density at radius 3 is 2.31 bits per heavy atom. The highest BCUT2D eigenvalue weighted by Gasteiger charge is 2.27. The Labute approximate surface area is 173 Å². The molecule has 3 rings (SSSR count). The predicted molar refractivity (Wildman–Crippen MR) is 108 cm³/mol. The Hall–Kier alpha value is -2.23. The average Bonchev–Trinajstić information content (AvgIpc) is 2.68. The van der Waals surface area contributed by atoms with Gasteiger partial charge in [0.1, 0.15) is 11.6 Å². The first-order valence-corrected chi connectivity index (χ1v) is 11.0. The normalized spacial score (nSPS) is 15.3. The number of sulfonamides is 1. The number of anilines is 1. The van der Waals surface area contributed by atoms with E-state index in [1.807, 2.05) is 12.1 Å². The molecule has 0 aliphatic carbocycles. The zero-order chi connectivity index (χ0) is 21.0. The summed E-state index contributed by atoms with van der Waals surface area (Å²) in [4.78, 5) is 14.0. The van der Waals surface area contributed by atoms with E-state index < -0.39 is 27.6 Å². The minimum absolute atomic E-state index is 0.171. The van der Waals surface area contributed by atoms with Crippen molar-refractivity contribution < 1.29 is 22.0 Å². The van der Waals surface area contributed by atoms with Gasteiger partial charge in [0.05, 0.1) is 11.3 Å². The zero-order valence-corrected chi connectivity index (χ0v) is 17.0. The van der Waals surface area contributed by atoms with Crippen LogP contribution < -0.4 is 10.2 Å². The summed E-state index contributed by atoms with van der Waals surface area (Å²) in [7, 11) is -3.57. The molecule has 0 radical (unpaired) electrons. The molecule has 1 heterocycles. The van der Waals surface area contributed by atoms with E-state index in [4.69, 9.17) is 11.6 Å². The van der Waals surface area contributed by atoms with Crippen molar-refractivity contribution in [3.8, 4) is 0 Å². The lowest BCUT2D eigenvalue weighted by Gasteiger charge is -2.35. The van der Waals surface area contributed by atoms with Crippen LogP contribution >= 0.6 is 11.6 Å². The van der Waals surface area contributed by atoms with Gasteiger partial charge in [-0.25, -0.2) is 17.2 Å². The van der Waals surface area contributed by atoms with Crippen molar-refractivity contribution in [3.63, 3.8) is 0 Å². The van der Waals surface area contributed by atoms with Crippen LogP contribution in [0.25, 0.3) is 0 Å². The summed E-state index contributed by atoms with van der Waals surface area (Å²) in [6.07, 6.45) is 0. The molecule has 1 saturated heterocycles. The van der Waals surface area contributed by atoms with E-state index in [-0.39, 0.29) is 17.9 Å². The third-order valence-electron chi connectivity index (χ3n) is 4.65. The number of benzene rings is 2. The van der Waals surface area contributed by atoms with E-state index >= 15 is 0 Å². The number of halogens is 3. The van der Waals surface area contributed by atoms with E-state index in [0.717, 1.165) is 17.8 Å². The lowest BCUT2D eigenvalue weighted by atomic mass is 10.2. The molecule has 0 bridgehead atoms. The summed E-state index contributed by atoms with van der Waals surface area (Å²) in [5, 5.41) is 3.00. The first-order chi connectivity index (χ1) is 13.8. The van der Waals surface area contributed by atoms with Crippen LogP contribution in [0, 0.1) is 11.6 Å². The summed E-state index contributed by atoms with van der Waals surface area (Å²) in [6, 6.07) is 9.93. The third-order valence-corrected chi connectivity index (χ3v) is 6.77. The number of nitrogens with one attached hydrogen (secondary N) is 1. The van der Waals surface area contributed by atoms with Gasteiger partial charge in [-0.3, -0.25) is 4.79 Å². The number of carbonyl (C=O) groups excluding carboxylic acids is 1. The van der Waals surface area contributed by atoms with Crippen molar-refractivity contribution in [1.82, 2.24) is 9.62 Å². The standard InChI is InChI=1S/C19H20ClF2N3O3S/c20-14-1-4-16(5-2-14)24-8-10-25(11-9-24)29(27,28)12-7-23-19(26)17-6-3-15(21)13-18(17)22/h1-6,13H,7-12H2,(H,23,26). The van der Waals surface area contributed by atoms with Crippen LogP contribution in [-0.4, -0.2) is 57.1 Å². The molecule has 156 valence electrons. The Bertz CT molecular complexity index is 979. The molecule has 0 spiro atoms. The molecule has 2 aromatic rings. The first kappa shape index (κ1) is 21.5. The maximum absolute atomic E-state index is 13.6. The Balaban J connectivity index is 1.50. The van der Waals surface area contributed by atoms with Crippen molar-refractivity contribution in [1.29, 1.82) is 0 Å². The van der Waals surface area contributed by atoms with Crippen LogP contribution in [-0.2, 0) is 10.0 Å². The molecule has 1 fully saturated rings. The molecule has 6 nitrogen and oxygen atoms in total. The van der Waals surface area contributed by atoms with Crippen molar-refractivity contribution in [2.75, 3.05) is 43.4 Å². The lowest BCUT2D eigenvalue weighted by Crippen LogP contribution is -2.50. The van der Waals surface area contributed by atoms with Gasteiger partial charge in [0, 0.05) is 49.5 Å². The minimum Gasteiger partial charge on any atom is -0.369 e. The number of rotatable bonds is 6. The number of hydrogen-bond donors (Lipinski definition) is 1. The number of piperazine rings is 1. The Kier molecular flexibility index (Phi) is 6.71. The third kappa shape index (κ3) is 5.43. The molecule has 1 aliphatic heterocycles. The van der Waals surface area contributed by atoms with Crippen LogP contribution in [0.2, 0.25) is 5.02 Å². The molecule has 1 aliphatic rings. The molecule has 1 N–H and O–H groups in total. The highest BCUT2D eigenvalue weighted by atomic mass is 35.5. The molecule has 1 amide bonds. The molecule has 0 saturated carbocycles. The van der Waals surface area contributed by atoms with E-state index in [9.17, 15) is 22.0 Å². The van der Waals surface area contributed by atoms with E-state index in [0.29, 0.717) is 37.3 Å². The van der Waals surface area contributed by atoms with Crippen molar-refractivity contribution in [2.24, 2.45) is 0 Å². The fourth-order valence-electron chi connectivity index (χ4n) is 3.07. The van der Waals surface area contributed by atoms with Crippen molar-refractivity contribution in [3.05, 3.63) is 64.7 Å². The topological polar surface area (TPSA) is 69.7 Å². The van der Waals surface area contributed by atoms with Gasteiger partial charge >= 0.3 is 0 Å². The fourth-order valence-corrected chi connectivity index (χ4v) is 4.53. The molecule has 29 heavy (non-hydrogen) atoms. The summed E-state index contributed by atoms with van der Waals surface area (Å²) in [6.45, 7) is 1.55. The predicted octanol–water partition coefficient (Wildman–Crippen LogP) is 2.50. The quantitative estimate of drug-likeness (QED) is 0.744. The van der Waals surface area contributed by atoms with Crippen LogP contribution in [0.5, 0.6) is 0 Å². The molecule has 2 aromatic carbocycles. The number of carbonyl (C=O) groups is 1. The summed E-state index contributed by atoms with van der Waals surface area (Å²) in [5.41, 5.74) is 0.639. The first-order valence-electron chi connectivity index (χ1n) is 8.98. The van der Waals surface area contributed by atoms with Crippen LogP contribution in [0.4, 0.5) is 14.5 Å². The van der Waals surface area contributed by atoms with Crippen molar-refractivity contribution >= 4 is 33.2 Å². The number of hydrogen-bond acceptors (Lipinski definition) is 4. The second kappa shape index (κ2) is 9.06. The fraction of sp³-hybridized carbons (Fsp3) is 0.316. The largest absolute Gasteiger partial charge is 0.369 e. The van der Waals surface area contributed by atoms with E-state index in [2.05, 4.69) is 10.2 Å².